The molecule has 8 nitrogen and oxygen atoms in total. The largest absolute Gasteiger partial charge is 0.417 e. The van der Waals surface area contributed by atoms with E-state index in [4.69, 9.17) is 4.52 Å². The predicted octanol–water partition coefficient (Wildman–Crippen LogP) is 3.97. The highest BCUT2D eigenvalue weighted by Gasteiger charge is 2.40. The summed E-state index contributed by atoms with van der Waals surface area (Å²) >= 11 is 0. The van der Waals surface area contributed by atoms with Gasteiger partial charge in [0, 0.05) is 37.6 Å². The van der Waals surface area contributed by atoms with Gasteiger partial charge < -0.3 is 8.92 Å². The smallest absolute Gasteiger partial charge is 0.339 e. The third-order valence-electron chi connectivity index (χ3n) is 5.72. The summed E-state index contributed by atoms with van der Waals surface area (Å²) in [6.07, 6.45) is 1.24. The molecule has 0 unspecified atom stereocenters. The fourth-order valence-electron chi connectivity index (χ4n) is 4.04. The summed E-state index contributed by atoms with van der Waals surface area (Å²) in [5.74, 6) is 0.539. The molecule has 172 valence electrons. The average molecular weight is 477 g/mol. The second-order valence-electron chi connectivity index (χ2n) is 7.71. The molecule has 4 aromatic rings. The maximum Gasteiger partial charge on any atom is 0.417 e. The Hall–Kier alpha value is -3.25. The Kier molecular flexibility index (Phi) is 5.20. The molecule has 1 saturated heterocycles. The minimum Gasteiger partial charge on any atom is -0.339 e. The Morgan fingerprint density at radius 2 is 1.79 bits per heavy atom. The summed E-state index contributed by atoms with van der Waals surface area (Å²) < 4.78 is 74.2. The molecule has 0 radical (unpaired) electrons. The first kappa shape index (κ1) is 21.6. The van der Waals surface area contributed by atoms with Crippen LogP contribution in [-0.2, 0) is 16.2 Å². The second-order valence-corrected chi connectivity index (χ2v) is 9.61. The van der Waals surface area contributed by atoms with Gasteiger partial charge in [-0.1, -0.05) is 17.3 Å². The molecule has 5 rings (SSSR count). The van der Waals surface area contributed by atoms with Crippen LogP contribution < -0.4 is 0 Å². The highest BCUT2D eigenvalue weighted by Crippen LogP contribution is 2.37. The van der Waals surface area contributed by atoms with E-state index in [2.05, 4.69) is 15.1 Å². The van der Waals surface area contributed by atoms with E-state index in [0.29, 0.717) is 35.8 Å². The number of rotatable bonds is 4. The molecule has 0 N–H and O–H groups in total. The van der Waals surface area contributed by atoms with Crippen molar-refractivity contribution in [2.45, 2.75) is 29.8 Å². The van der Waals surface area contributed by atoms with E-state index >= 15 is 0 Å². The zero-order valence-corrected chi connectivity index (χ0v) is 17.9. The molecule has 1 aliphatic heterocycles. The molecule has 0 amide bonds. The monoisotopic (exact) mass is 477 g/mol. The van der Waals surface area contributed by atoms with Crippen LogP contribution in [0.4, 0.5) is 13.2 Å². The van der Waals surface area contributed by atoms with Crippen LogP contribution in [0.15, 0.2) is 64.4 Å². The van der Waals surface area contributed by atoms with E-state index < -0.39 is 26.7 Å². The van der Waals surface area contributed by atoms with Crippen LogP contribution in [0.2, 0.25) is 0 Å². The highest BCUT2D eigenvalue weighted by molar-refractivity contribution is 7.89. The number of aromatic nitrogens is 4. The lowest BCUT2D eigenvalue weighted by atomic mass is 9.98. The number of piperidine rings is 1. The van der Waals surface area contributed by atoms with Gasteiger partial charge in [-0.2, -0.15) is 22.5 Å². The molecular formula is C21H18F3N5O3S. The van der Waals surface area contributed by atoms with Gasteiger partial charge >= 0.3 is 6.18 Å². The van der Waals surface area contributed by atoms with Crippen molar-refractivity contribution in [3.05, 3.63) is 66.4 Å². The number of sulfonamides is 1. The zero-order valence-electron chi connectivity index (χ0n) is 17.1. The molecule has 12 heteroatoms. The Balaban J connectivity index is 1.34. The minimum atomic E-state index is -4.76. The molecule has 0 aliphatic carbocycles. The van der Waals surface area contributed by atoms with Gasteiger partial charge in [-0.25, -0.2) is 13.4 Å². The Morgan fingerprint density at radius 3 is 2.55 bits per heavy atom. The summed E-state index contributed by atoms with van der Waals surface area (Å²) in [5.41, 5.74) is 0.206. The van der Waals surface area contributed by atoms with Crippen molar-refractivity contribution in [3.63, 3.8) is 0 Å². The number of fused-ring (bicyclic) bond motifs is 1. The van der Waals surface area contributed by atoms with Gasteiger partial charge in [0.1, 0.15) is 5.65 Å². The molecule has 0 saturated carbocycles. The average Bonchev–Trinajstić information content (AvgIpc) is 3.48. The molecule has 4 heterocycles. The molecule has 0 bridgehead atoms. The Bertz CT molecular complexity index is 1410. The number of imidazole rings is 1. The third-order valence-corrected chi connectivity index (χ3v) is 7.67. The standard InChI is InChI=1S/C21H18F3N5O3S/c22-21(23,24)16-5-1-2-6-17(16)33(30,31)29-11-7-14(8-12-29)20-26-18(27-32-20)15-4-3-10-28-13-9-25-19(15)28/h1-6,9-10,13-14H,7-8,11-12H2. The van der Waals surface area contributed by atoms with E-state index in [0.717, 1.165) is 16.4 Å². The maximum atomic E-state index is 13.3. The lowest BCUT2D eigenvalue weighted by molar-refractivity contribution is -0.139. The predicted molar refractivity (Wildman–Crippen MR) is 111 cm³/mol. The molecule has 1 fully saturated rings. The molecular weight excluding hydrogens is 459 g/mol. The molecule has 0 atom stereocenters. The van der Waals surface area contributed by atoms with Gasteiger partial charge in [-0.15, -0.1) is 0 Å². The van der Waals surface area contributed by atoms with Gasteiger partial charge in [0.05, 0.1) is 16.0 Å². The first-order valence-electron chi connectivity index (χ1n) is 10.2. The van der Waals surface area contributed by atoms with Crippen LogP contribution >= 0.6 is 0 Å². The normalized spacial score (nSPS) is 16.5. The van der Waals surface area contributed by atoms with Gasteiger partial charge in [0.2, 0.25) is 21.7 Å². The molecule has 0 spiro atoms. The first-order chi connectivity index (χ1) is 15.7. The van der Waals surface area contributed by atoms with Crippen LogP contribution in [0.5, 0.6) is 0 Å². The summed E-state index contributed by atoms with van der Waals surface area (Å²) in [4.78, 5) is 8.04. The van der Waals surface area contributed by atoms with Gasteiger partial charge in [0.25, 0.3) is 0 Å². The zero-order chi connectivity index (χ0) is 23.2. The highest BCUT2D eigenvalue weighted by atomic mass is 32.2. The maximum absolute atomic E-state index is 13.3. The Morgan fingerprint density at radius 1 is 1.03 bits per heavy atom. The topological polar surface area (TPSA) is 93.6 Å². The molecule has 1 aromatic carbocycles. The fraction of sp³-hybridized carbons (Fsp3) is 0.286. The molecule has 3 aromatic heterocycles. The van der Waals surface area contributed by atoms with Gasteiger partial charge in [-0.05, 0) is 37.1 Å². The van der Waals surface area contributed by atoms with Crippen LogP contribution in [0.3, 0.4) is 0 Å². The van der Waals surface area contributed by atoms with E-state index in [-0.39, 0.29) is 19.0 Å². The van der Waals surface area contributed by atoms with Crippen molar-refractivity contribution < 1.29 is 26.1 Å². The lowest BCUT2D eigenvalue weighted by Gasteiger charge is -2.30. The number of nitrogens with zero attached hydrogens (tertiary/aromatic N) is 5. The third kappa shape index (κ3) is 3.89. The Labute approximate surface area is 186 Å². The fourth-order valence-corrected chi connectivity index (χ4v) is 5.72. The lowest BCUT2D eigenvalue weighted by Crippen LogP contribution is -2.38. The summed E-state index contributed by atoms with van der Waals surface area (Å²) in [5, 5.41) is 4.05. The number of benzene rings is 1. The van der Waals surface area contributed by atoms with E-state index in [1.54, 1.807) is 12.4 Å². The summed E-state index contributed by atoms with van der Waals surface area (Å²) in [6, 6.07) is 7.89. The number of hydrogen-bond acceptors (Lipinski definition) is 6. The van der Waals surface area contributed by atoms with E-state index in [1.807, 2.05) is 22.7 Å². The van der Waals surface area contributed by atoms with Crippen LogP contribution in [0, 0.1) is 0 Å². The minimum absolute atomic E-state index is 0.0484. The number of alkyl halides is 3. The summed E-state index contributed by atoms with van der Waals surface area (Å²) in [6.45, 7) is 0.0967. The van der Waals surface area contributed by atoms with Crippen molar-refractivity contribution in [3.8, 4) is 11.4 Å². The van der Waals surface area contributed by atoms with Gasteiger partial charge in [-0.3, -0.25) is 0 Å². The van der Waals surface area contributed by atoms with Crippen LogP contribution in [0.25, 0.3) is 17.0 Å². The molecule has 1 aliphatic rings. The van der Waals surface area contributed by atoms with Crippen molar-refractivity contribution in [1.29, 1.82) is 0 Å². The van der Waals surface area contributed by atoms with Crippen molar-refractivity contribution >= 4 is 15.7 Å². The van der Waals surface area contributed by atoms with Crippen molar-refractivity contribution in [2.24, 2.45) is 0 Å². The van der Waals surface area contributed by atoms with Crippen molar-refractivity contribution in [1.82, 2.24) is 23.8 Å². The summed E-state index contributed by atoms with van der Waals surface area (Å²) in [7, 11) is -4.30. The SMILES string of the molecule is O=S(=O)(c1ccccc1C(F)(F)F)N1CCC(c2nc(-c3cccn4ccnc34)no2)CC1. The molecule has 33 heavy (non-hydrogen) atoms. The number of pyridine rings is 1. The van der Waals surface area contributed by atoms with Gasteiger partial charge in [0.15, 0.2) is 0 Å². The van der Waals surface area contributed by atoms with E-state index in [1.165, 1.54) is 12.1 Å². The van der Waals surface area contributed by atoms with Crippen LogP contribution in [-0.4, -0.2) is 45.3 Å². The van der Waals surface area contributed by atoms with Crippen LogP contribution in [0.1, 0.15) is 30.2 Å². The first-order valence-corrected chi connectivity index (χ1v) is 11.6. The van der Waals surface area contributed by atoms with Crippen molar-refractivity contribution in [2.75, 3.05) is 13.1 Å². The van der Waals surface area contributed by atoms with E-state index in [9.17, 15) is 21.6 Å². The quantitative estimate of drug-likeness (QED) is 0.442. The number of halogens is 3. The number of hydrogen-bond donors (Lipinski definition) is 0. The second kappa shape index (κ2) is 7.96.